The first kappa shape index (κ1) is 16.7. The van der Waals surface area contributed by atoms with Crippen molar-refractivity contribution < 1.29 is 14.7 Å². The van der Waals surface area contributed by atoms with Crippen molar-refractivity contribution in [1.82, 2.24) is 15.1 Å². The lowest BCUT2D eigenvalue weighted by Crippen LogP contribution is -2.52. The van der Waals surface area contributed by atoms with Crippen molar-refractivity contribution >= 4 is 12.0 Å². The predicted molar refractivity (Wildman–Crippen MR) is 70.6 cm³/mol. The van der Waals surface area contributed by atoms with Gasteiger partial charge < -0.3 is 20.2 Å². The second kappa shape index (κ2) is 7.92. The molecule has 18 heavy (non-hydrogen) atoms. The number of nitrogens with one attached hydrogen (secondary N) is 1. The Balaban J connectivity index is 4.55. The number of carbonyl (C=O) groups is 2. The summed E-state index contributed by atoms with van der Waals surface area (Å²) in [5.74, 6) is -0.998. The molecular weight excluding hydrogens is 234 g/mol. The third-order valence-corrected chi connectivity index (χ3v) is 2.77. The van der Waals surface area contributed by atoms with Crippen LogP contribution >= 0.6 is 0 Å². The quantitative estimate of drug-likeness (QED) is 0.710. The second-order valence-corrected chi connectivity index (χ2v) is 4.65. The van der Waals surface area contributed by atoms with Crippen molar-refractivity contribution in [2.24, 2.45) is 0 Å². The summed E-state index contributed by atoms with van der Waals surface area (Å²) in [6.07, 6.45) is 0.376. The Morgan fingerprint density at radius 2 is 1.83 bits per heavy atom. The lowest BCUT2D eigenvalue weighted by molar-refractivity contribution is -0.139. The SMILES string of the molecule is CC[C@@H](NC(=O)N(CC)C(C)CN(C)C)C(=O)O. The van der Waals surface area contributed by atoms with Gasteiger partial charge in [0.15, 0.2) is 0 Å². The lowest BCUT2D eigenvalue weighted by Gasteiger charge is -2.31. The normalized spacial score (nSPS) is 14.1. The van der Waals surface area contributed by atoms with E-state index in [0.29, 0.717) is 13.0 Å². The van der Waals surface area contributed by atoms with Gasteiger partial charge in [-0.05, 0) is 34.4 Å². The zero-order valence-electron chi connectivity index (χ0n) is 11.9. The zero-order chi connectivity index (χ0) is 14.3. The molecule has 0 aliphatic heterocycles. The van der Waals surface area contributed by atoms with Gasteiger partial charge in [-0.3, -0.25) is 0 Å². The van der Waals surface area contributed by atoms with Crippen LogP contribution < -0.4 is 5.32 Å². The zero-order valence-corrected chi connectivity index (χ0v) is 11.9. The van der Waals surface area contributed by atoms with Crippen molar-refractivity contribution in [3.05, 3.63) is 0 Å². The van der Waals surface area contributed by atoms with Gasteiger partial charge >= 0.3 is 12.0 Å². The number of aliphatic carboxylic acids is 1. The number of hydrogen-bond acceptors (Lipinski definition) is 3. The molecule has 6 nitrogen and oxygen atoms in total. The van der Waals surface area contributed by atoms with Crippen molar-refractivity contribution in [3.63, 3.8) is 0 Å². The fourth-order valence-corrected chi connectivity index (χ4v) is 1.85. The molecule has 0 aromatic heterocycles. The highest BCUT2D eigenvalue weighted by Crippen LogP contribution is 2.02. The monoisotopic (exact) mass is 259 g/mol. The number of amides is 2. The molecule has 0 aliphatic rings. The number of hydrogen-bond donors (Lipinski definition) is 2. The molecule has 0 aliphatic carbocycles. The Morgan fingerprint density at radius 3 is 2.17 bits per heavy atom. The van der Waals surface area contributed by atoms with Crippen LogP contribution in [0.3, 0.4) is 0 Å². The van der Waals surface area contributed by atoms with Gasteiger partial charge in [0.05, 0.1) is 0 Å². The Hall–Kier alpha value is -1.30. The number of nitrogens with zero attached hydrogens (tertiary/aromatic N) is 2. The lowest BCUT2D eigenvalue weighted by atomic mass is 10.2. The third kappa shape index (κ3) is 5.35. The van der Waals surface area contributed by atoms with Gasteiger partial charge in [-0.15, -0.1) is 0 Å². The summed E-state index contributed by atoms with van der Waals surface area (Å²) in [7, 11) is 3.88. The molecule has 0 fully saturated rings. The molecule has 0 saturated carbocycles. The maximum absolute atomic E-state index is 12.0. The summed E-state index contributed by atoms with van der Waals surface area (Å²) in [5.41, 5.74) is 0. The highest BCUT2D eigenvalue weighted by atomic mass is 16.4. The maximum atomic E-state index is 12.0. The van der Waals surface area contributed by atoms with Gasteiger partial charge in [0.2, 0.25) is 0 Å². The van der Waals surface area contributed by atoms with E-state index in [-0.39, 0.29) is 12.1 Å². The van der Waals surface area contributed by atoms with Crippen LogP contribution in [0.25, 0.3) is 0 Å². The molecule has 106 valence electrons. The highest BCUT2D eigenvalue weighted by molar-refractivity contribution is 5.82. The van der Waals surface area contributed by atoms with Crippen LogP contribution in [0.15, 0.2) is 0 Å². The maximum Gasteiger partial charge on any atom is 0.326 e. The topological polar surface area (TPSA) is 72.9 Å². The van der Waals surface area contributed by atoms with E-state index in [4.69, 9.17) is 5.11 Å². The van der Waals surface area contributed by atoms with Crippen LogP contribution in [0.2, 0.25) is 0 Å². The number of carboxylic acids is 1. The van der Waals surface area contributed by atoms with Crippen molar-refractivity contribution in [2.75, 3.05) is 27.2 Å². The highest BCUT2D eigenvalue weighted by Gasteiger charge is 2.23. The van der Waals surface area contributed by atoms with Crippen LogP contribution in [0.1, 0.15) is 27.2 Å². The Kier molecular flexibility index (Phi) is 7.35. The van der Waals surface area contributed by atoms with Gasteiger partial charge in [-0.2, -0.15) is 0 Å². The Labute approximate surface area is 109 Å². The molecule has 2 N–H and O–H groups in total. The summed E-state index contributed by atoms with van der Waals surface area (Å²) in [4.78, 5) is 26.5. The molecule has 2 amide bonds. The summed E-state index contributed by atoms with van der Waals surface area (Å²) in [5, 5.41) is 11.5. The summed E-state index contributed by atoms with van der Waals surface area (Å²) in [6, 6.07) is -1.10. The van der Waals surface area contributed by atoms with E-state index in [0.717, 1.165) is 6.54 Å². The van der Waals surface area contributed by atoms with Gasteiger partial charge in [-0.25, -0.2) is 9.59 Å². The fourth-order valence-electron chi connectivity index (χ4n) is 1.85. The first-order chi connectivity index (χ1) is 8.33. The summed E-state index contributed by atoms with van der Waals surface area (Å²) in [6.45, 7) is 6.86. The van der Waals surface area contributed by atoms with E-state index < -0.39 is 12.0 Å². The summed E-state index contributed by atoms with van der Waals surface area (Å²) < 4.78 is 0. The van der Waals surface area contributed by atoms with Gasteiger partial charge in [0.25, 0.3) is 0 Å². The molecule has 0 aromatic carbocycles. The summed E-state index contributed by atoms with van der Waals surface area (Å²) >= 11 is 0. The van der Waals surface area contributed by atoms with E-state index in [9.17, 15) is 9.59 Å². The van der Waals surface area contributed by atoms with Crippen LogP contribution in [0.4, 0.5) is 4.79 Å². The second-order valence-electron chi connectivity index (χ2n) is 4.65. The number of likely N-dealkylation sites (N-methyl/N-ethyl adjacent to an activating group) is 2. The minimum Gasteiger partial charge on any atom is -0.480 e. The van der Waals surface area contributed by atoms with Crippen LogP contribution in [0.5, 0.6) is 0 Å². The van der Waals surface area contributed by atoms with E-state index >= 15 is 0 Å². The fraction of sp³-hybridized carbons (Fsp3) is 0.833. The van der Waals surface area contributed by atoms with E-state index in [1.54, 1.807) is 11.8 Å². The number of carboxylic acid groups (broad SMARTS) is 1. The van der Waals surface area contributed by atoms with Gasteiger partial charge in [-0.1, -0.05) is 6.92 Å². The van der Waals surface area contributed by atoms with Crippen LogP contribution in [-0.2, 0) is 4.79 Å². The number of rotatable bonds is 7. The van der Waals surface area contributed by atoms with Crippen molar-refractivity contribution in [2.45, 2.75) is 39.3 Å². The average Bonchev–Trinajstić information content (AvgIpc) is 2.25. The molecule has 0 aromatic rings. The molecule has 0 spiro atoms. The Bertz CT molecular complexity index is 282. The number of urea groups is 1. The molecular formula is C12H25N3O3. The molecule has 6 heteroatoms. The van der Waals surface area contributed by atoms with Gasteiger partial charge in [0.1, 0.15) is 6.04 Å². The first-order valence-corrected chi connectivity index (χ1v) is 6.28. The molecule has 1 unspecified atom stereocenters. The molecule has 2 atom stereocenters. The minimum atomic E-state index is -0.998. The molecule has 0 bridgehead atoms. The Morgan fingerprint density at radius 1 is 1.28 bits per heavy atom. The van der Waals surface area contributed by atoms with Crippen LogP contribution in [-0.4, -0.2) is 66.2 Å². The average molecular weight is 259 g/mol. The van der Waals surface area contributed by atoms with E-state index in [2.05, 4.69) is 5.32 Å². The smallest absolute Gasteiger partial charge is 0.326 e. The molecule has 0 radical (unpaired) electrons. The van der Waals surface area contributed by atoms with Crippen molar-refractivity contribution in [1.29, 1.82) is 0 Å². The molecule has 0 saturated heterocycles. The largest absolute Gasteiger partial charge is 0.480 e. The minimum absolute atomic E-state index is 0.0382. The predicted octanol–water partition coefficient (Wildman–Crippen LogP) is 0.831. The molecule has 0 heterocycles. The van der Waals surface area contributed by atoms with E-state index in [1.807, 2.05) is 32.8 Å². The standard InChI is InChI=1S/C12H25N3O3/c1-6-10(11(16)17)13-12(18)15(7-2)9(3)8-14(4)5/h9-10H,6-8H2,1-5H3,(H,13,18)(H,16,17)/t9?,10-/m1/s1. The first-order valence-electron chi connectivity index (χ1n) is 6.28. The molecule has 0 rings (SSSR count). The van der Waals surface area contributed by atoms with Crippen LogP contribution in [0, 0.1) is 0 Å². The van der Waals surface area contributed by atoms with Gasteiger partial charge in [0, 0.05) is 19.1 Å². The van der Waals surface area contributed by atoms with Crippen molar-refractivity contribution in [3.8, 4) is 0 Å². The van der Waals surface area contributed by atoms with E-state index in [1.165, 1.54) is 0 Å². The number of carbonyl (C=O) groups excluding carboxylic acids is 1. The third-order valence-electron chi connectivity index (χ3n) is 2.77.